The summed E-state index contributed by atoms with van der Waals surface area (Å²) in [6.07, 6.45) is 4.70. The zero-order valence-corrected chi connectivity index (χ0v) is 22.0. The van der Waals surface area contributed by atoms with Crippen molar-refractivity contribution < 1.29 is 28.8 Å². The number of fused-ring (bicyclic) bond motifs is 4. The largest absolute Gasteiger partial charge is 0.449 e. The van der Waals surface area contributed by atoms with E-state index in [1.54, 1.807) is 12.1 Å². The van der Waals surface area contributed by atoms with E-state index in [9.17, 15) is 19.2 Å². The van der Waals surface area contributed by atoms with Crippen LogP contribution in [0.25, 0.3) is 11.1 Å². The molecule has 1 N–H and O–H groups in total. The van der Waals surface area contributed by atoms with Crippen molar-refractivity contribution in [2.24, 2.45) is 5.92 Å². The van der Waals surface area contributed by atoms with Gasteiger partial charge in [0.15, 0.2) is 0 Å². The number of carbonyl (C=O) groups is 4. The van der Waals surface area contributed by atoms with E-state index in [0.29, 0.717) is 11.5 Å². The molecule has 0 unspecified atom stereocenters. The van der Waals surface area contributed by atoms with Crippen LogP contribution in [0.3, 0.4) is 0 Å². The second-order valence-corrected chi connectivity index (χ2v) is 10.6. The maximum absolute atomic E-state index is 13.3. The van der Waals surface area contributed by atoms with Crippen LogP contribution < -0.4 is 5.32 Å². The second-order valence-electron chi connectivity index (χ2n) is 10.6. The summed E-state index contributed by atoms with van der Waals surface area (Å²) in [5.74, 6) is -2.19. The Hall–Kier alpha value is -4.46. The van der Waals surface area contributed by atoms with Gasteiger partial charge in [0.2, 0.25) is 0 Å². The van der Waals surface area contributed by atoms with Gasteiger partial charge in [0.1, 0.15) is 12.6 Å². The van der Waals surface area contributed by atoms with Crippen LogP contribution in [0.4, 0.5) is 4.79 Å². The molecule has 3 amide bonds. The fourth-order valence-electron chi connectivity index (χ4n) is 6.16. The molecular weight excluding hydrogens is 508 g/mol. The standard InChI is InChI=1S/C32H30N2O6/c35-29-25-16-8-9-17-26(25)30(36)34(29)40-31(37)28(18-20-10-2-1-3-11-20)33-32(38)39-19-27-23-14-6-4-12-21(23)22-13-5-7-15-24(22)27/h4-9,12-17,20,27-28H,1-3,10-11,18-19H2,(H,33,38)/t28-/m0/s1. The third-order valence-electron chi connectivity index (χ3n) is 8.15. The van der Waals surface area contributed by atoms with E-state index in [2.05, 4.69) is 17.4 Å². The number of nitrogens with zero attached hydrogens (tertiary/aromatic N) is 1. The third kappa shape index (κ3) is 4.85. The molecule has 1 aliphatic heterocycles. The number of hydrogen-bond donors (Lipinski definition) is 1. The maximum atomic E-state index is 13.3. The van der Waals surface area contributed by atoms with Crippen molar-refractivity contribution in [3.05, 3.63) is 95.1 Å². The molecule has 1 atom stereocenters. The van der Waals surface area contributed by atoms with Gasteiger partial charge in [0.25, 0.3) is 11.8 Å². The molecule has 0 aromatic heterocycles. The molecule has 1 heterocycles. The lowest BCUT2D eigenvalue weighted by Gasteiger charge is -2.26. The number of hydrogen-bond acceptors (Lipinski definition) is 6. The first-order chi connectivity index (χ1) is 19.5. The summed E-state index contributed by atoms with van der Waals surface area (Å²) in [5, 5.41) is 3.16. The molecule has 6 rings (SSSR count). The van der Waals surface area contributed by atoms with Crippen molar-refractivity contribution in [3.8, 4) is 11.1 Å². The number of hydroxylamine groups is 2. The SMILES string of the molecule is O=C(N[C@@H](CC1CCCCC1)C(=O)ON1C(=O)c2ccccc2C1=O)OCC1c2ccccc2-c2ccccc21. The van der Waals surface area contributed by atoms with Gasteiger partial charge in [0.05, 0.1) is 11.1 Å². The van der Waals surface area contributed by atoms with Crippen molar-refractivity contribution >= 4 is 23.9 Å². The van der Waals surface area contributed by atoms with Gasteiger partial charge >= 0.3 is 12.1 Å². The Kier molecular flexibility index (Phi) is 7.07. The van der Waals surface area contributed by atoms with Gasteiger partial charge in [-0.15, -0.1) is 0 Å². The minimum atomic E-state index is -1.07. The Morgan fingerprint density at radius 3 is 1.88 bits per heavy atom. The van der Waals surface area contributed by atoms with E-state index in [1.165, 1.54) is 12.1 Å². The van der Waals surface area contributed by atoms with Crippen LogP contribution in [-0.4, -0.2) is 41.6 Å². The normalized spacial score (nSPS) is 17.1. The van der Waals surface area contributed by atoms with Crippen LogP contribution in [0.2, 0.25) is 0 Å². The van der Waals surface area contributed by atoms with Gasteiger partial charge in [-0.25, -0.2) is 9.59 Å². The molecule has 0 spiro atoms. The Bertz CT molecular complexity index is 1400. The van der Waals surface area contributed by atoms with Crippen molar-refractivity contribution in [1.82, 2.24) is 10.4 Å². The molecule has 8 nitrogen and oxygen atoms in total. The van der Waals surface area contributed by atoms with Crippen LogP contribution >= 0.6 is 0 Å². The molecule has 204 valence electrons. The van der Waals surface area contributed by atoms with E-state index in [-0.39, 0.29) is 29.6 Å². The fraction of sp³-hybridized carbons (Fsp3) is 0.312. The third-order valence-corrected chi connectivity index (χ3v) is 8.15. The molecule has 3 aromatic carbocycles. The lowest BCUT2D eigenvalue weighted by molar-refractivity contribution is -0.171. The van der Waals surface area contributed by atoms with E-state index >= 15 is 0 Å². The smallest absolute Gasteiger partial charge is 0.407 e. The molecular formula is C32H30N2O6. The number of benzene rings is 3. The number of rotatable bonds is 7. The molecule has 0 radical (unpaired) electrons. The highest BCUT2D eigenvalue weighted by Gasteiger charge is 2.40. The molecule has 3 aromatic rings. The Morgan fingerprint density at radius 1 is 0.775 bits per heavy atom. The van der Waals surface area contributed by atoms with Crippen LogP contribution in [0.5, 0.6) is 0 Å². The maximum Gasteiger partial charge on any atom is 0.407 e. The Labute approximate surface area is 232 Å². The number of alkyl carbamates (subject to hydrolysis) is 1. The number of carbonyl (C=O) groups excluding carboxylic acids is 4. The monoisotopic (exact) mass is 538 g/mol. The van der Waals surface area contributed by atoms with Gasteiger partial charge in [-0.05, 0) is 46.7 Å². The summed E-state index contributed by atoms with van der Waals surface area (Å²) < 4.78 is 5.67. The van der Waals surface area contributed by atoms with Gasteiger partial charge in [-0.2, -0.15) is 0 Å². The molecule has 2 aliphatic carbocycles. The fourth-order valence-corrected chi connectivity index (χ4v) is 6.16. The molecule has 0 bridgehead atoms. The summed E-state index contributed by atoms with van der Waals surface area (Å²) in [7, 11) is 0. The summed E-state index contributed by atoms with van der Waals surface area (Å²) in [5.41, 5.74) is 4.75. The highest BCUT2D eigenvalue weighted by Crippen LogP contribution is 2.44. The Balaban J connectivity index is 1.15. The highest BCUT2D eigenvalue weighted by atomic mass is 16.7. The van der Waals surface area contributed by atoms with Gasteiger partial charge in [-0.1, -0.05) is 97.8 Å². The van der Waals surface area contributed by atoms with E-state index in [0.717, 1.165) is 54.4 Å². The predicted octanol–water partition coefficient (Wildman–Crippen LogP) is 5.62. The van der Waals surface area contributed by atoms with Crippen molar-refractivity contribution in [3.63, 3.8) is 0 Å². The minimum absolute atomic E-state index is 0.101. The summed E-state index contributed by atoms with van der Waals surface area (Å²) in [6.45, 7) is 0.101. The molecule has 0 saturated heterocycles. The summed E-state index contributed by atoms with van der Waals surface area (Å²) in [6, 6.07) is 21.3. The van der Waals surface area contributed by atoms with Gasteiger partial charge in [0, 0.05) is 5.92 Å². The summed E-state index contributed by atoms with van der Waals surface area (Å²) >= 11 is 0. The van der Waals surface area contributed by atoms with Crippen molar-refractivity contribution in [2.75, 3.05) is 6.61 Å². The number of imide groups is 1. The lowest BCUT2D eigenvalue weighted by atomic mass is 9.85. The second kappa shape index (κ2) is 11.0. The predicted molar refractivity (Wildman–Crippen MR) is 146 cm³/mol. The number of ether oxygens (including phenoxy) is 1. The van der Waals surface area contributed by atoms with Crippen LogP contribution in [-0.2, 0) is 14.4 Å². The van der Waals surface area contributed by atoms with Crippen molar-refractivity contribution in [1.29, 1.82) is 0 Å². The van der Waals surface area contributed by atoms with Gasteiger partial charge < -0.3 is 14.9 Å². The number of amides is 3. The van der Waals surface area contributed by atoms with E-state index in [1.807, 2.05) is 36.4 Å². The average Bonchev–Trinajstić information content (AvgIpc) is 3.43. The first-order valence-electron chi connectivity index (χ1n) is 13.8. The first-order valence-corrected chi connectivity index (χ1v) is 13.8. The minimum Gasteiger partial charge on any atom is -0.449 e. The Morgan fingerprint density at radius 2 is 1.30 bits per heavy atom. The molecule has 1 saturated carbocycles. The quantitative estimate of drug-likeness (QED) is 0.392. The first kappa shape index (κ1) is 25.8. The van der Waals surface area contributed by atoms with Crippen LogP contribution in [0.1, 0.15) is 76.3 Å². The highest BCUT2D eigenvalue weighted by molar-refractivity contribution is 6.21. The zero-order chi connectivity index (χ0) is 27.6. The van der Waals surface area contributed by atoms with Crippen LogP contribution in [0, 0.1) is 5.92 Å². The number of nitrogens with one attached hydrogen (secondary N) is 1. The average molecular weight is 539 g/mol. The van der Waals surface area contributed by atoms with E-state index in [4.69, 9.17) is 9.57 Å². The van der Waals surface area contributed by atoms with E-state index < -0.39 is 29.9 Å². The molecule has 40 heavy (non-hydrogen) atoms. The molecule has 3 aliphatic rings. The van der Waals surface area contributed by atoms with Crippen molar-refractivity contribution in [2.45, 2.75) is 50.5 Å². The molecule has 1 fully saturated rings. The van der Waals surface area contributed by atoms with Gasteiger partial charge in [-0.3, -0.25) is 9.59 Å². The van der Waals surface area contributed by atoms with Crippen LogP contribution in [0.15, 0.2) is 72.8 Å². The summed E-state index contributed by atoms with van der Waals surface area (Å²) in [4.78, 5) is 57.1. The zero-order valence-electron chi connectivity index (χ0n) is 22.0. The molecule has 8 heteroatoms. The topological polar surface area (TPSA) is 102 Å². The lowest BCUT2D eigenvalue weighted by Crippen LogP contribution is -2.46.